The SMILES string of the molecule is COc1ccc2c(/C=C3\Oc4cc5ccccc5cc4C3=O)cc(=O)oc2c1. The highest BCUT2D eigenvalue weighted by Gasteiger charge is 2.28. The Kier molecular flexibility index (Phi) is 3.55. The van der Waals surface area contributed by atoms with Gasteiger partial charge in [-0.1, -0.05) is 24.3 Å². The Bertz CT molecular complexity index is 1360. The molecule has 3 aromatic carbocycles. The molecule has 1 aliphatic rings. The molecule has 0 fully saturated rings. The first kappa shape index (κ1) is 16.3. The summed E-state index contributed by atoms with van der Waals surface area (Å²) >= 11 is 0. The normalized spacial score (nSPS) is 14.5. The van der Waals surface area contributed by atoms with Crippen molar-refractivity contribution in [2.24, 2.45) is 0 Å². The highest BCUT2D eigenvalue weighted by molar-refractivity contribution is 6.16. The van der Waals surface area contributed by atoms with E-state index in [1.54, 1.807) is 24.3 Å². The molecular formula is C23H14O5. The number of hydrogen-bond acceptors (Lipinski definition) is 5. The lowest BCUT2D eigenvalue weighted by Gasteiger charge is -2.05. The molecule has 0 saturated heterocycles. The van der Waals surface area contributed by atoms with Gasteiger partial charge in [0.25, 0.3) is 0 Å². The average molecular weight is 370 g/mol. The van der Waals surface area contributed by atoms with Crippen molar-refractivity contribution < 1.29 is 18.7 Å². The molecule has 0 amide bonds. The predicted octanol–water partition coefficient (Wildman–Crippen LogP) is 4.57. The standard InChI is InChI=1S/C23H14O5/c1-26-16-6-7-17-15(11-22(24)28-20(17)12-16)10-21-23(25)18-8-13-4-2-3-5-14(13)9-19(18)27-21/h2-12H,1H3/b21-10-. The Morgan fingerprint density at radius 2 is 1.71 bits per heavy atom. The van der Waals surface area contributed by atoms with Crippen LogP contribution >= 0.6 is 0 Å². The summed E-state index contributed by atoms with van der Waals surface area (Å²) in [5, 5.41) is 2.65. The van der Waals surface area contributed by atoms with Gasteiger partial charge in [0.15, 0.2) is 5.76 Å². The fourth-order valence-electron chi connectivity index (χ4n) is 3.43. The third-order valence-electron chi connectivity index (χ3n) is 4.81. The zero-order chi connectivity index (χ0) is 19.3. The van der Waals surface area contributed by atoms with Crippen LogP contribution in [-0.2, 0) is 0 Å². The van der Waals surface area contributed by atoms with E-state index >= 15 is 0 Å². The zero-order valence-corrected chi connectivity index (χ0v) is 14.9. The molecule has 0 radical (unpaired) electrons. The summed E-state index contributed by atoms with van der Waals surface area (Å²) in [5.41, 5.74) is 0.933. The van der Waals surface area contributed by atoms with Gasteiger partial charge in [0.2, 0.25) is 5.78 Å². The topological polar surface area (TPSA) is 65.7 Å². The summed E-state index contributed by atoms with van der Waals surface area (Å²) in [6.45, 7) is 0. The van der Waals surface area contributed by atoms with Gasteiger partial charge in [-0.15, -0.1) is 0 Å². The lowest BCUT2D eigenvalue weighted by atomic mass is 10.0. The molecule has 28 heavy (non-hydrogen) atoms. The molecule has 5 heteroatoms. The zero-order valence-electron chi connectivity index (χ0n) is 14.9. The Morgan fingerprint density at radius 1 is 0.929 bits per heavy atom. The first-order chi connectivity index (χ1) is 13.6. The number of carbonyl (C=O) groups excluding carboxylic acids is 1. The van der Waals surface area contributed by atoms with Gasteiger partial charge in [-0.2, -0.15) is 0 Å². The highest BCUT2D eigenvalue weighted by atomic mass is 16.5. The molecule has 136 valence electrons. The number of allylic oxidation sites excluding steroid dienone is 1. The average Bonchev–Trinajstić information content (AvgIpc) is 3.00. The van der Waals surface area contributed by atoms with Gasteiger partial charge < -0.3 is 13.9 Å². The molecule has 1 aliphatic heterocycles. The summed E-state index contributed by atoms with van der Waals surface area (Å²) in [4.78, 5) is 24.8. The van der Waals surface area contributed by atoms with Crippen molar-refractivity contribution >= 4 is 33.6 Å². The molecule has 2 heterocycles. The van der Waals surface area contributed by atoms with Crippen LogP contribution in [0.5, 0.6) is 11.5 Å². The number of fused-ring (bicyclic) bond motifs is 3. The maximum absolute atomic E-state index is 12.9. The van der Waals surface area contributed by atoms with Crippen molar-refractivity contribution in [1.82, 2.24) is 0 Å². The van der Waals surface area contributed by atoms with Crippen LogP contribution in [0.15, 0.2) is 75.6 Å². The van der Waals surface area contributed by atoms with E-state index in [9.17, 15) is 9.59 Å². The van der Waals surface area contributed by atoms with Crippen LogP contribution in [0.2, 0.25) is 0 Å². The number of Topliss-reactive ketones (excluding diaryl/α,β-unsaturated/α-hetero) is 1. The van der Waals surface area contributed by atoms with E-state index in [4.69, 9.17) is 13.9 Å². The maximum atomic E-state index is 12.9. The Hall–Kier alpha value is -3.86. The molecule has 0 aliphatic carbocycles. The number of hydrogen-bond donors (Lipinski definition) is 0. The van der Waals surface area contributed by atoms with E-state index < -0.39 is 5.63 Å². The van der Waals surface area contributed by atoms with Crippen molar-refractivity contribution in [1.29, 1.82) is 0 Å². The molecule has 0 spiro atoms. The number of ether oxygens (including phenoxy) is 2. The quantitative estimate of drug-likeness (QED) is 0.382. The lowest BCUT2D eigenvalue weighted by molar-refractivity contribution is 0.101. The van der Waals surface area contributed by atoms with Crippen molar-refractivity contribution in [2.75, 3.05) is 7.11 Å². The van der Waals surface area contributed by atoms with E-state index in [1.807, 2.05) is 36.4 Å². The van der Waals surface area contributed by atoms with Crippen molar-refractivity contribution in [3.05, 3.63) is 88.0 Å². The monoisotopic (exact) mass is 370 g/mol. The third-order valence-corrected chi connectivity index (χ3v) is 4.81. The Morgan fingerprint density at radius 3 is 2.50 bits per heavy atom. The molecule has 0 bridgehead atoms. The van der Waals surface area contributed by atoms with Crippen LogP contribution in [0.3, 0.4) is 0 Å². The van der Waals surface area contributed by atoms with Crippen molar-refractivity contribution in [2.45, 2.75) is 0 Å². The highest BCUT2D eigenvalue weighted by Crippen LogP contribution is 2.36. The van der Waals surface area contributed by atoms with Crippen LogP contribution in [0.25, 0.3) is 27.8 Å². The van der Waals surface area contributed by atoms with Gasteiger partial charge in [0, 0.05) is 17.5 Å². The fraction of sp³-hybridized carbons (Fsp3) is 0.0435. The first-order valence-corrected chi connectivity index (χ1v) is 8.71. The van der Waals surface area contributed by atoms with Gasteiger partial charge in [-0.05, 0) is 46.7 Å². The molecule has 0 atom stereocenters. The van der Waals surface area contributed by atoms with Crippen LogP contribution in [0, 0.1) is 0 Å². The van der Waals surface area contributed by atoms with Crippen molar-refractivity contribution in [3.63, 3.8) is 0 Å². The number of rotatable bonds is 2. The number of benzene rings is 3. The molecule has 4 aromatic rings. The third kappa shape index (κ3) is 2.56. The van der Waals surface area contributed by atoms with Gasteiger partial charge in [0.05, 0.1) is 12.7 Å². The second kappa shape index (κ2) is 6.09. The van der Waals surface area contributed by atoms with E-state index in [2.05, 4.69) is 0 Å². The Balaban J connectivity index is 1.64. The minimum Gasteiger partial charge on any atom is -0.497 e. The summed E-state index contributed by atoms with van der Waals surface area (Å²) in [7, 11) is 1.54. The van der Waals surface area contributed by atoms with E-state index in [1.165, 1.54) is 13.2 Å². The lowest BCUT2D eigenvalue weighted by Crippen LogP contribution is -2.02. The van der Waals surface area contributed by atoms with E-state index in [0.717, 1.165) is 10.8 Å². The fourth-order valence-corrected chi connectivity index (χ4v) is 3.43. The minimum atomic E-state index is -0.513. The number of carbonyl (C=O) groups is 1. The van der Waals surface area contributed by atoms with Crippen LogP contribution in [-0.4, -0.2) is 12.9 Å². The van der Waals surface area contributed by atoms with E-state index in [-0.39, 0.29) is 11.5 Å². The number of methoxy groups -OCH3 is 1. The molecule has 5 rings (SSSR count). The summed E-state index contributed by atoms with van der Waals surface area (Å²) in [6.07, 6.45) is 1.58. The minimum absolute atomic E-state index is 0.174. The van der Waals surface area contributed by atoms with E-state index in [0.29, 0.717) is 33.6 Å². The maximum Gasteiger partial charge on any atom is 0.336 e. The first-order valence-electron chi connectivity index (χ1n) is 8.71. The molecular weight excluding hydrogens is 356 g/mol. The largest absolute Gasteiger partial charge is 0.497 e. The predicted molar refractivity (Wildman–Crippen MR) is 106 cm³/mol. The molecule has 5 nitrogen and oxygen atoms in total. The van der Waals surface area contributed by atoms with Gasteiger partial charge >= 0.3 is 5.63 Å². The van der Waals surface area contributed by atoms with Gasteiger partial charge in [-0.3, -0.25) is 4.79 Å². The van der Waals surface area contributed by atoms with Crippen LogP contribution in [0.4, 0.5) is 0 Å². The second-order valence-electron chi connectivity index (χ2n) is 6.52. The van der Waals surface area contributed by atoms with Gasteiger partial charge in [0.1, 0.15) is 17.1 Å². The second-order valence-corrected chi connectivity index (χ2v) is 6.52. The van der Waals surface area contributed by atoms with Crippen LogP contribution < -0.4 is 15.1 Å². The summed E-state index contributed by atoms with van der Waals surface area (Å²) < 4.78 is 16.3. The Labute approximate surface area is 159 Å². The van der Waals surface area contributed by atoms with Gasteiger partial charge in [-0.25, -0.2) is 4.79 Å². The molecule has 0 saturated carbocycles. The molecule has 0 N–H and O–H groups in total. The van der Waals surface area contributed by atoms with Crippen LogP contribution in [0.1, 0.15) is 15.9 Å². The van der Waals surface area contributed by atoms with Crippen molar-refractivity contribution in [3.8, 4) is 11.5 Å². The summed E-state index contributed by atoms with van der Waals surface area (Å²) in [5.74, 6) is 1.06. The smallest absolute Gasteiger partial charge is 0.336 e. The molecule has 0 unspecified atom stereocenters. The number of ketones is 1. The summed E-state index contributed by atoms with van der Waals surface area (Å²) in [6, 6.07) is 18.0. The molecule has 1 aromatic heterocycles.